The smallest absolute Gasteiger partial charge is 0.220 e. The van der Waals surface area contributed by atoms with Gasteiger partial charge in [-0.25, -0.2) is 0 Å². The second-order valence-electron chi connectivity index (χ2n) is 3.56. The van der Waals surface area contributed by atoms with E-state index in [1.54, 1.807) is 0 Å². The third-order valence-corrected chi connectivity index (χ3v) is 3.31. The molecule has 0 bridgehead atoms. The molecule has 0 saturated carbocycles. The average Bonchev–Trinajstić information content (AvgIpc) is 2.18. The van der Waals surface area contributed by atoms with Gasteiger partial charge in [-0.15, -0.1) is 0 Å². The summed E-state index contributed by atoms with van der Waals surface area (Å²) >= 11 is 3.52. The van der Waals surface area contributed by atoms with Crippen LogP contribution in [0.4, 0.5) is 0 Å². The number of hydrogen-bond acceptors (Lipinski definition) is 1. The van der Waals surface area contributed by atoms with Crippen LogP contribution in [0.5, 0.6) is 0 Å². The predicted octanol–water partition coefficient (Wildman–Crippen LogP) is 2.44. The molecule has 3 heteroatoms. The van der Waals surface area contributed by atoms with E-state index in [1.807, 2.05) is 18.2 Å². The van der Waals surface area contributed by atoms with Gasteiger partial charge in [0.15, 0.2) is 0 Å². The van der Waals surface area contributed by atoms with Crippen molar-refractivity contribution in [3.63, 3.8) is 0 Å². The van der Waals surface area contributed by atoms with E-state index in [1.165, 1.54) is 5.56 Å². The minimum atomic E-state index is 0.164. The summed E-state index contributed by atoms with van der Waals surface area (Å²) in [7, 11) is 0. The van der Waals surface area contributed by atoms with Crippen LogP contribution in [-0.2, 0) is 4.79 Å². The SMILES string of the molecule is O=C1C[C@H](c2ccccc2Br)CCN1. The van der Waals surface area contributed by atoms with E-state index in [4.69, 9.17) is 0 Å². The topological polar surface area (TPSA) is 29.1 Å². The van der Waals surface area contributed by atoms with Gasteiger partial charge in [0.1, 0.15) is 0 Å². The van der Waals surface area contributed by atoms with E-state index < -0.39 is 0 Å². The zero-order valence-electron chi connectivity index (χ0n) is 7.79. The number of benzene rings is 1. The molecule has 0 radical (unpaired) electrons. The molecule has 74 valence electrons. The van der Waals surface area contributed by atoms with Gasteiger partial charge in [-0.3, -0.25) is 4.79 Å². The van der Waals surface area contributed by atoms with Crippen molar-refractivity contribution in [1.82, 2.24) is 5.32 Å². The van der Waals surface area contributed by atoms with Gasteiger partial charge >= 0.3 is 0 Å². The lowest BCUT2D eigenvalue weighted by Gasteiger charge is -2.23. The number of amides is 1. The molecule has 1 aromatic carbocycles. The fourth-order valence-electron chi connectivity index (χ4n) is 1.86. The van der Waals surface area contributed by atoms with E-state index in [0.29, 0.717) is 12.3 Å². The van der Waals surface area contributed by atoms with E-state index in [2.05, 4.69) is 27.3 Å². The summed E-state index contributed by atoms with van der Waals surface area (Å²) in [4.78, 5) is 11.2. The monoisotopic (exact) mass is 253 g/mol. The molecule has 1 fully saturated rings. The molecule has 1 aromatic rings. The second-order valence-corrected chi connectivity index (χ2v) is 4.42. The first kappa shape index (κ1) is 9.71. The van der Waals surface area contributed by atoms with Crippen LogP contribution in [0, 0.1) is 0 Å². The van der Waals surface area contributed by atoms with Gasteiger partial charge in [-0.1, -0.05) is 34.1 Å². The van der Waals surface area contributed by atoms with Crippen molar-refractivity contribution in [3.05, 3.63) is 34.3 Å². The highest BCUT2D eigenvalue weighted by Gasteiger charge is 2.21. The molecule has 0 aliphatic carbocycles. The molecule has 1 heterocycles. The average molecular weight is 254 g/mol. The van der Waals surface area contributed by atoms with Gasteiger partial charge in [0.25, 0.3) is 0 Å². The molecule has 0 aromatic heterocycles. The lowest BCUT2D eigenvalue weighted by molar-refractivity contribution is -0.122. The third-order valence-electron chi connectivity index (χ3n) is 2.59. The fraction of sp³-hybridized carbons (Fsp3) is 0.364. The van der Waals surface area contributed by atoms with E-state index in [-0.39, 0.29) is 5.91 Å². The van der Waals surface area contributed by atoms with Gasteiger partial charge in [-0.2, -0.15) is 0 Å². The quantitative estimate of drug-likeness (QED) is 0.819. The Morgan fingerprint density at radius 2 is 2.14 bits per heavy atom. The zero-order chi connectivity index (χ0) is 9.97. The maximum absolute atomic E-state index is 11.2. The van der Waals surface area contributed by atoms with Crippen LogP contribution in [0.1, 0.15) is 24.3 Å². The van der Waals surface area contributed by atoms with Gasteiger partial charge in [0.2, 0.25) is 5.91 Å². The minimum Gasteiger partial charge on any atom is -0.356 e. The number of hydrogen-bond donors (Lipinski definition) is 1. The summed E-state index contributed by atoms with van der Waals surface area (Å²) in [6.45, 7) is 0.796. The first-order valence-electron chi connectivity index (χ1n) is 4.78. The molecule has 2 nitrogen and oxygen atoms in total. The fourth-order valence-corrected chi connectivity index (χ4v) is 2.46. The highest BCUT2D eigenvalue weighted by atomic mass is 79.9. The summed E-state index contributed by atoms with van der Waals surface area (Å²) in [6.07, 6.45) is 1.65. The van der Waals surface area contributed by atoms with Crippen molar-refractivity contribution >= 4 is 21.8 Å². The van der Waals surface area contributed by atoms with Crippen LogP contribution in [0.15, 0.2) is 28.7 Å². The van der Waals surface area contributed by atoms with Gasteiger partial charge in [-0.05, 0) is 24.0 Å². The highest BCUT2D eigenvalue weighted by Crippen LogP contribution is 2.30. The predicted molar refractivity (Wildman–Crippen MR) is 59.1 cm³/mol. The Bertz CT molecular complexity index is 351. The second kappa shape index (κ2) is 4.13. The van der Waals surface area contributed by atoms with E-state index in [0.717, 1.165) is 17.4 Å². The standard InChI is InChI=1S/C11H12BrNO/c12-10-4-2-1-3-9(10)8-5-6-13-11(14)7-8/h1-4,8H,5-7H2,(H,13,14)/t8-/m1/s1. The molecule has 1 aliphatic rings. The maximum Gasteiger partial charge on any atom is 0.220 e. The van der Waals surface area contributed by atoms with Gasteiger partial charge in [0, 0.05) is 17.4 Å². The van der Waals surface area contributed by atoms with Crippen molar-refractivity contribution < 1.29 is 4.79 Å². The molecular formula is C11H12BrNO. The van der Waals surface area contributed by atoms with Crippen molar-refractivity contribution in [3.8, 4) is 0 Å². The van der Waals surface area contributed by atoms with Gasteiger partial charge < -0.3 is 5.32 Å². The highest BCUT2D eigenvalue weighted by molar-refractivity contribution is 9.10. The first-order valence-corrected chi connectivity index (χ1v) is 5.58. The Labute approximate surface area is 91.8 Å². The molecule has 1 amide bonds. The molecule has 1 saturated heterocycles. The maximum atomic E-state index is 11.2. The van der Waals surface area contributed by atoms with Crippen molar-refractivity contribution in [2.45, 2.75) is 18.8 Å². The molecule has 0 unspecified atom stereocenters. The number of carbonyl (C=O) groups excluding carboxylic acids is 1. The van der Waals surface area contributed by atoms with Crippen LogP contribution < -0.4 is 5.32 Å². The molecule has 1 atom stereocenters. The van der Waals surface area contributed by atoms with Crippen molar-refractivity contribution in [1.29, 1.82) is 0 Å². The molecule has 14 heavy (non-hydrogen) atoms. The molecule has 1 aliphatic heterocycles. The molecule has 2 rings (SSSR count). The normalized spacial score (nSPS) is 21.8. The Morgan fingerprint density at radius 1 is 1.36 bits per heavy atom. The lowest BCUT2D eigenvalue weighted by Crippen LogP contribution is -2.32. The summed E-state index contributed by atoms with van der Waals surface area (Å²) in [5.41, 5.74) is 1.25. The van der Waals surface area contributed by atoms with Crippen LogP contribution in [0.2, 0.25) is 0 Å². The summed E-state index contributed by atoms with van der Waals surface area (Å²) in [6, 6.07) is 8.14. The Kier molecular flexibility index (Phi) is 2.87. The molecule has 1 N–H and O–H groups in total. The van der Waals surface area contributed by atoms with Crippen molar-refractivity contribution in [2.75, 3.05) is 6.54 Å². The largest absolute Gasteiger partial charge is 0.356 e. The van der Waals surface area contributed by atoms with Crippen LogP contribution in [-0.4, -0.2) is 12.5 Å². The number of nitrogens with one attached hydrogen (secondary N) is 1. The molecule has 0 spiro atoms. The Balaban J connectivity index is 2.22. The van der Waals surface area contributed by atoms with Crippen molar-refractivity contribution in [2.24, 2.45) is 0 Å². The minimum absolute atomic E-state index is 0.164. The van der Waals surface area contributed by atoms with Gasteiger partial charge in [0.05, 0.1) is 0 Å². The lowest BCUT2D eigenvalue weighted by atomic mass is 9.90. The summed E-state index contributed by atoms with van der Waals surface area (Å²) in [5, 5.41) is 2.85. The first-order chi connectivity index (χ1) is 6.77. The van der Waals surface area contributed by atoms with Crippen LogP contribution in [0.25, 0.3) is 0 Å². The zero-order valence-corrected chi connectivity index (χ0v) is 9.38. The van der Waals surface area contributed by atoms with E-state index >= 15 is 0 Å². The van der Waals surface area contributed by atoms with Crippen LogP contribution >= 0.6 is 15.9 Å². The Morgan fingerprint density at radius 3 is 2.86 bits per heavy atom. The van der Waals surface area contributed by atoms with Crippen LogP contribution in [0.3, 0.4) is 0 Å². The third kappa shape index (κ3) is 1.98. The number of halogens is 1. The molecular weight excluding hydrogens is 242 g/mol. The number of rotatable bonds is 1. The van der Waals surface area contributed by atoms with E-state index in [9.17, 15) is 4.79 Å². The summed E-state index contributed by atoms with van der Waals surface area (Å²) in [5.74, 6) is 0.538. The number of piperidine rings is 1. The number of carbonyl (C=O) groups is 1. The summed E-state index contributed by atoms with van der Waals surface area (Å²) < 4.78 is 1.11. The Hall–Kier alpha value is -0.830.